The quantitative estimate of drug-likeness (QED) is 0.864. The van der Waals surface area contributed by atoms with Crippen LogP contribution in [-0.4, -0.2) is 13.1 Å². The van der Waals surface area contributed by atoms with Crippen LogP contribution >= 0.6 is 0 Å². The highest BCUT2D eigenvalue weighted by atomic mass is 16.5. The van der Waals surface area contributed by atoms with Crippen LogP contribution in [0, 0.1) is 0 Å². The van der Waals surface area contributed by atoms with Crippen molar-refractivity contribution >= 4 is 11.7 Å². The number of carbonyl (C=O) groups is 1. The van der Waals surface area contributed by atoms with Crippen LogP contribution in [0.25, 0.3) is 0 Å². The van der Waals surface area contributed by atoms with Gasteiger partial charge in [-0.25, -0.2) is 4.79 Å². The fourth-order valence-electron chi connectivity index (χ4n) is 2.76. The maximum absolute atomic E-state index is 11.6. The number of hydrogen-bond acceptors (Lipinski definition) is 3. The Labute approximate surface area is 118 Å². The van der Waals surface area contributed by atoms with Crippen LogP contribution in [0.15, 0.2) is 48.5 Å². The van der Waals surface area contributed by atoms with E-state index in [9.17, 15) is 4.79 Å². The predicted octanol–water partition coefficient (Wildman–Crippen LogP) is 3.57. The molecule has 0 aliphatic heterocycles. The first-order valence-electron chi connectivity index (χ1n) is 6.80. The summed E-state index contributed by atoms with van der Waals surface area (Å²) in [4.78, 5) is 11.6. The Kier molecular flexibility index (Phi) is 3.42. The molecular formula is C17H17NO2. The van der Waals surface area contributed by atoms with Gasteiger partial charge in [-0.05, 0) is 42.2 Å². The van der Waals surface area contributed by atoms with Crippen molar-refractivity contribution < 1.29 is 9.53 Å². The van der Waals surface area contributed by atoms with E-state index in [1.54, 1.807) is 6.07 Å². The first-order chi connectivity index (χ1) is 9.78. The van der Waals surface area contributed by atoms with Crippen LogP contribution < -0.4 is 5.32 Å². The lowest BCUT2D eigenvalue weighted by Gasteiger charge is -2.16. The van der Waals surface area contributed by atoms with Gasteiger partial charge >= 0.3 is 5.97 Å². The molecular weight excluding hydrogens is 250 g/mol. The number of carbonyl (C=O) groups excluding carboxylic acids is 1. The van der Waals surface area contributed by atoms with E-state index in [1.165, 1.54) is 18.2 Å². The molecule has 1 N–H and O–H groups in total. The first-order valence-corrected chi connectivity index (χ1v) is 6.80. The lowest BCUT2D eigenvalue weighted by atomic mass is 10.1. The average Bonchev–Trinajstić information content (AvgIpc) is 2.90. The SMILES string of the molecule is COC(=O)c1cccc(NC2CCc3ccccc32)c1. The van der Waals surface area contributed by atoms with Crippen LogP contribution in [-0.2, 0) is 11.2 Å². The third-order valence-corrected chi connectivity index (χ3v) is 3.76. The van der Waals surface area contributed by atoms with E-state index in [1.807, 2.05) is 18.2 Å². The summed E-state index contributed by atoms with van der Waals surface area (Å²) in [6.45, 7) is 0. The Morgan fingerprint density at radius 2 is 2.05 bits per heavy atom. The van der Waals surface area contributed by atoms with E-state index in [0.717, 1.165) is 18.5 Å². The van der Waals surface area contributed by atoms with Crippen molar-refractivity contribution in [2.75, 3.05) is 12.4 Å². The number of nitrogens with one attached hydrogen (secondary N) is 1. The van der Waals surface area contributed by atoms with Gasteiger partial charge in [-0.1, -0.05) is 30.3 Å². The zero-order valence-electron chi connectivity index (χ0n) is 11.4. The highest BCUT2D eigenvalue weighted by molar-refractivity contribution is 5.90. The van der Waals surface area contributed by atoms with Gasteiger partial charge < -0.3 is 10.1 Å². The summed E-state index contributed by atoms with van der Waals surface area (Å²) >= 11 is 0. The fourth-order valence-corrected chi connectivity index (χ4v) is 2.76. The van der Waals surface area contributed by atoms with Gasteiger partial charge in [-0.15, -0.1) is 0 Å². The second-order valence-electron chi connectivity index (χ2n) is 5.01. The van der Waals surface area contributed by atoms with Crippen LogP contribution in [0.2, 0.25) is 0 Å². The number of anilines is 1. The summed E-state index contributed by atoms with van der Waals surface area (Å²) in [5.41, 5.74) is 4.29. The van der Waals surface area contributed by atoms with Crippen molar-refractivity contribution in [3.05, 3.63) is 65.2 Å². The van der Waals surface area contributed by atoms with Crippen molar-refractivity contribution in [1.29, 1.82) is 0 Å². The van der Waals surface area contributed by atoms with Crippen LogP contribution in [0.5, 0.6) is 0 Å². The van der Waals surface area contributed by atoms with Crippen molar-refractivity contribution in [2.45, 2.75) is 18.9 Å². The standard InChI is InChI=1S/C17H17NO2/c1-20-17(19)13-6-4-7-14(11-13)18-16-10-9-12-5-2-3-8-15(12)16/h2-8,11,16,18H,9-10H2,1H3. The molecule has 2 aromatic carbocycles. The summed E-state index contributed by atoms with van der Waals surface area (Å²) in [5.74, 6) is -0.305. The zero-order valence-corrected chi connectivity index (χ0v) is 11.4. The lowest BCUT2D eigenvalue weighted by Crippen LogP contribution is -2.08. The second kappa shape index (κ2) is 5.37. The van der Waals surface area contributed by atoms with Crippen molar-refractivity contribution in [3.8, 4) is 0 Å². The molecule has 1 aliphatic carbocycles. The molecule has 2 aromatic rings. The molecule has 3 rings (SSSR count). The molecule has 0 radical (unpaired) electrons. The third-order valence-electron chi connectivity index (χ3n) is 3.76. The van der Waals surface area contributed by atoms with Gasteiger partial charge in [0.15, 0.2) is 0 Å². The Morgan fingerprint density at radius 3 is 2.90 bits per heavy atom. The summed E-state index contributed by atoms with van der Waals surface area (Å²) in [6, 6.07) is 16.3. The van der Waals surface area contributed by atoms with Gasteiger partial charge in [-0.2, -0.15) is 0 Å². The Bertz CT molecular complexity index is 636. The number of fused-ring (bicyclic) bond motifs is 1. The van der Waals surface area contributed by atoms with Gasteiger partial charge in [-0.3, -0.25) is 0 Å². The van der Waals surface area contributed by atoms with Gasteiger partial charge in [0, 0.05) is 5.69 Å². The minimum atomic E-state index is -0.305. The first kappa shape index (κ1) is 12.7. The summed E-state index contributed by atoms with van der Waals surface area (Å²) < 4.78 is 4.75. The minimum Gasteiger partial charge on any atom is -0.465 e. The van der Waals surface area contributed by atoms with E-state index in [2.05, 4.69) is 29.6 Å². The largest absolute Gasteiger partial charge is 0.465 e. The minimum absolute atomic E-state index is 0.305. The maximum atomic E-state index is 11.6. The number of hydrogen-bond donors (Lipinski definition) is 1. The smallest absolute Gasteiger partial charge is 0.337 e. The number of rotatable bonds is 3. The number of methoxy groups -OCH3 is 1. The molecule has 102 valence electrons. The molecule has 20 heavy (non-hydrogen) atoms. The zero-order chi connectivity index (χ0) is 13.9. The maximum Gasteiger partial charge on any atom is 0.337 e. The molecule has 0 amide bonds. The summed E-state index contributed by atoms with van der Waals surface area (Å²) in [7, 11) is 1.40. The van der Waals surface area contributed by atoms with E-state index >= 15 is 0 Å². The van der Waals surface area contributed by atoms with Crippen LogP contribution in [0.1, 0.15) is 33.9 Å². The molecule has 0 aromatic heterocycles. The molecule has 3 nitrogen and oxygen atoms in total. The van der Waals surface area contributed by atoms with Gasteiger partial charge in [0.25, 0.3) is 0 Å². The van der Waals surface area contributed by atoms with Gasteiger partial charge in [0.2, 0.25) is 0 Å². The summed E-state index contributed by atoms with van der Waals surface area (Å²) in [6.07, 6.45) is 2.19. The Hall–Kier alpha value is -2.29. The van der Waals surface area contributed by atoms with E-state index in [4.69, 9.17) is 4.74 Å². The number of benzene rings is 2. The van der Waals surface area contributed by atoms with E-state index < -0.39 is 0 Å². The number of aryl methyl sites for hydroxylation is 1. The molecule has 1 unspecified atom stereocenters. The van der Waals surface area contributed by atoms with Crippen LogP contribution in [0.4, 0.5) is 5.69 Å². The molecule has 0 spiro atoms. The predicted molar refractivity (Wildman–Crippen MR) is 78.9 cm³/mol. The monoisotopic (exact) mass is 267 g/mol. The number of ether oxygens (including phenoxy) is 1. The van der Waals surface area contributed by atoms with Crippen molar-refractivity contribution in [1.82, 2.24) is 0 Å². The normalized spacial score (nSPS) is 16.6. The molecule has 0 saturated carbocycles. The Morgan fingerprint density at radius 1 is 1.20 bits per heavy atom. The second-order valence-corrected chi connectivity index (χ2v) is 5.01. The Balaban J connectivity index is 1.81. The third kappa shape index (κ3) is 2.39. The van der Waals surface area contributed by atoms with Crippen LogP contribution in [0.3, 0.4) is 0 Å². The van der Waals surface area contributed by atoms with Crippen molar-refractivity contribution in [2.24, 2.45) is 0 Å². The molecule has 1 atom stereocenters. The van der Waals surface area contributed by atoms with Gasteiger partial charge in [0.05, 0.1) is 18.7 Å². The molecule has 0 fully saturated rings. The van der Waals surface area contributed by atoms with E-state index in [0.29, 0.717) is 11.6 Å². The highest BCUT2D eigenvalue weighted by Crippen LogP contribution is 2.33. The molecule has 0 heterocycles. The number of esters is 1. The molecule has 0 bridgehead atoms. The van der Waals surface area contributed by atoms with E-state index in [-0.39, 0.29) is 5.97 Å². The van der Waals surface area contributed by atoms with Gasteiger partial charge in [0.1, 0.15) is 0 Å². The average molecular weight is 267 g/mol. The molecule has 0 saturated heterocycles. The fraction of sp³-hybridized carbons (Fsp3) is 0.235. The molecule has 3 heteroatoms. The lowest BCUT2D eigenvalue weighted by molar-refractivity contribution is 0.0601. The highest BCUT2D eigenvalue weighted by Gasteiger charge is 2.21. The topological polar surface area (TPSA) is 38.3 Å². The van der Waals surface area contributed by atoms with Crippen molar-refractivity contribution in [3.63, 3.8) is 0 Å². The summed E-state index contributed by atoms with van der Waals surface area (Å²) in [5, 5.41) is 3.51. The molecule has 1 aliphatic rings.